The molecule has 0 unspecified atom stereocenters. The fourth-order valence-electron chi connectivity index (χ4n) is 1.24. The monoisotopic (exact) mass is 314 g/mol. The first-order valence-electron chi connectivity index (χ1n) is 5.80. The average Bonchev–Trinajstić information content (AvgIpc) is 2.30. The Bertz CT molecular complexity index is 373. The van der Waals surface area contributed by atoms with Crippen LogP contribution in [0, 0.1) is 0 Å². The van der Waals surface area contributed by atoms with Crippen LogP contribution < -0.4 is 0 Å². The van der Waals surface area contributed by atoms with Crippen molar-refractivity contribution in [3.05, 3.63) is 39.7 Å². The second kappa shape index (κ2) is 8.57. The first-order valence-corrected chi connectivity index (χ1v) is 8.50. The second-order valence-corrected chi connectivity index (χ2v) is 7.95. The van der Waals surface area contributed by atoms with E-state index in [1.807, 2.05) is 30.0 Å². The zero-order valence-corrected chi connectivity index (χ0v) is 12.8. The number of benzene rings is 1. The Morgan fingerprint density at radius 2 is 2.06 bits per heavy atom. The normalized spacial score (nSPS) is 11.5. The molecule has 0 saturated heterocycles. The van der Waals surface area contributed by atoms with Gasteiger partial charge in [0, 0.05) is 0 Å². The van der Waals surface area contributed by atoms with Gasteiger partial charge >= 0.3 is 114 Å². The van der Waals surface area contributed by atoms with Gasteiger partial charge in [-0.15, -0.1) is 0 Å². The van der Waals surface area contributed by atoms with Gasteiger partial charge in [-0.1, -0.05) is 0 Å². The van der Waals surface area contributed by atoms with Gasteiger partial charge in [-0.3, -0.25) is 0 Å². The van der Waals surface area contributed by atoms with Crippen molar-refractivity contribution in [2.24, 2.45) is 0 Å². The van der Waals surface area contributed by atoms with Crippen LogP contribution in [0.25, 0.3) is 6.08 Å². The SMILES string of the molecule is CCCCS/C(=C/c1ccccc1)[Se]C(C)=O. The summed E-state index contributed by atoms with van der Waals surface area (Å²) in [6.45, 7) is 3.87. The molecule has 1 aromatic rings. The summed E-state index contributed by atoms with van der Waals surface area (Å²) in [5, 5.41) is 0. The van der Waals surface area contributed by atoms with Crippen molar-refractivity contribution in [2.45, 2.75) is 26.7 Å². The Morgan fingerprint density at radius 3 is 2.65 bits per heavy atom. The minimum absolute atomic E-state index is 0.0196. The molecule has 3 heteroatoms. The molecule has 17 heavy (non-hydrogen) atoms. The third-order valence-electron chi connectivity index (χ3n) is 2.07. The molecule has 0 heterocycles. The molecule has 0 spiro atoms. The van der Waals surface area contributed by atoms with E-state index < -0.39 is 0 Å². The summed E-state index contributed by atoms with van der Waals surface area (Å²) in [5.74, 6) is 1.12. The molecule has 0 amide bonds. The molecule has 0 atom stereocenters. The molecule has 0 aliphatic rings. The summed E-state index contributed by atoms with van der Waals surface area (Å²) < 4.78 is 1.54. The van der Waals surface area contributed by atoms with E-state index in [1.165, 1.54) is 22.2 Å². The Labute approximate surface area is 114 Å². The topological polar surface area (TPSA) is 17.1 Å². The van der Waals surface area contributed by atoms with E-state index in [0.717, 1.165) is 5.75 Å². The van der Waals surface area contributed by atoms with Gasteiger partial charge < -0.3 is 0 Å². The maximum atomic E-state index is 11.3. The van der Waals surface area contributed by atoms with Crippen LogP contribution in [0.3, 0.4) is 0 Å². The third kappa shape index (κ3) is 6.72. The van der Waals surface area contributed by atoms with Crippen LogP contribution in [0.5, 0.6) is 0 Å². The summed E-state index contributed by atoms with van der Waals surface area (Å²) in [6.07, 6.45) is 4.57. The van der Waals surface area contributed by atoms with Gasteiger partial charge in [0.05, 0.1) is 0 Å². The predicted molar refractivity (Wildman–Crippen MR) is 78.2 cm³/mol. The minimum atomic E-state index is -0.0196. The zero-order chi connectivity index (χ0) is 12.5. The van der Waals surface area contributed by atoms with Crippen LogP contribution in [0.15, 0.2) is 34.1 Å². The second-order valence-electron chi connectivity index (χ2n) is 3.67. The van der Waals surface area contributed by atoms with E-state index in [9.17, 15) is 4.79 Å². The van der Waals surface area contributed by atoms with Crippen molar-refractivity contribution in [2.75, 3.05) is 5.75 Å². The number of thioether (sulfide) groups is 1. The first kappa shape index (κ1) is 14.6. The van der Waals surface area contributed by atoms with Gasteiger partial charge in [0.25, 0.3) is 0 Å². The molecule has 0 radical (unpaired) electrons. The van der Waals surface area contributed by atoms with Crippen LogP contribution in [-0.4, -0.2) is 25.4 Å². The quantitative estimate of drug-likeness (QED) is 0.563. The molecule has 0 aromatic heterocycles. The molecular formula is C14H18OSSe. The van der Waals surface area contributed by atoms with Crippen LogP contribution in [0.2, 0.25) is 0 Å². The van der Waals surface area contributed by atoms with Gasteiger partial charge in [0.1, 0.15) is 0 Å². The number of rotatable bonds is 7. The van der Waals surface area contributed by atoms with Crippen LogP contribution in [0.1, 0.15) is 32.3 Å². The molecule has 0 N–H and O–H groups in total. The predicted octanol–water partition coefficient (Wildman–Crippen LogP) is 3.77. The molecule has 1 nitrogen and oxygen atoms in total. The number of hydrogen-bond acceptors (Lipinski definition) is 2. The molecule has 1 rings (SSSR count). The number of hydrogen-bond donors (Lipinski definition) is 0. The van der Waals surface area contributed by atoms with Crippen LogP contribution in [-0.2, 0) is 4.79 Å². The van der Waals surface area contributed by atoms with Crippen LogP contribution in [0.4, 0.5) is 0 Å². The molecule has 0 saturated carbocycles. The van der Waals surface area contributed by atoms with Crippen molar-refractivity contribution < 1.29 is 4.79 Å². The van der Waals surface area contributed by atoms with E-state index in [0.29, 0.717) is 4.68 Å². The summed E-state index contributed by atoms with van der Waals surface area (Å²) in [5.41, 5.74) is 1.19. The van der Waals surface area contributed by atoms with Gasteiger partial charge in [0.2, 0.25) is 0 Å². The van der Waals surface area contributed by atoms with Crippen molar-refractivity contribution in [3.8, 4) is 0 Å². The standard InChI is InChI=1S/C14H18OSSe/c1-3-4-10-16-14(17-12(2)15)11-13-8-6-5-7-9-13/h5-9,11H,3-4,10H2,1-2H3/b14-11-. The van der Waals surface area contributed by atoms with E-state index in [1.54, 1.807) is 6.92 Å². The molecule has 92 valence electrons. The summed E-state index contributed by atoms with van der Waals surface area (Å²) in [6, 6.07) is 10.2. The maximum absolute atomic E-state index is 11.3. The Kier molecular flexibility index (Phi) is 7.34. The van der Waals surface area contributed by atoms with Crippen molar-refractivity contribution in [1.82, 2.24) is 0 Å². The Hall–Kier alpha value is -0.501. The van der Waals surface area contributed by atoms with E-state index in [2.05, 4.69) is 25.1 Å². The number of carbonyl (C=O) groups is 1. The molecule has 0 aliphatic heterocycles. The van der Waals surface area contributed by atoms with Gasteiger partial charge in [-0.05, 0) is 0 Å². The summed E-state index contributed by atoms with van der Waals surface area (Å²) >= 11 is 1.82. The van der Waals surface area contributed by atoms with E-state index >= 15 is 0 Å². The average molecular weight is 313 g/mol. The molecule has 1 aromatic carbocycles. The molecule has 0 aliphatic carbocycles. The van der Waals surface area contributed by atoms with Crippen molar-refractivity contribution in [3.63, 3.8) is 0 Å². The number of carbonyl (C=O) groups excluding carboxylic acids is 1. The van der Waals surface area contributed by atoms with Crippen molar-refractivity contribution in [1.29, 1.82) is 0 Å². The fraction of sp³-hybridized carbons (Fsp3) is 0.357. The molecule has 0 fully saturated rings. The van der Waals surface area contributed by atoms with Crippen LogP contribution >= 0.6 is 11.8 Å². The first-order chi connectivity index (χ1) is 8.22. The van der Waals surface area contributed by atoms with Gasteiger partial charge in [-0.2, -0.15) is 0 Å². The van der Waals surface area contributed by atoms with E-state index in [4.69, 9.17) is 0 Å². The van der Waals surface area contributed by atoms with Crippen molar-refractivity contribution >= 4 is 37.5 Å². The Morgan fingerprint density at radius 1 is 1.35 bits per heavy atom. The Balaban J connectivity index is 2.67. The molecular weight excluding hydrogens is 295 g/mol. The summed E-state index contributed by atoms with van der Waals surface area (Å²) in [7, 11) is 0. The van der Waals surface area contributed by atoms with Gasteiger partial charge in [0.15, 0.2) is 0 Å². The third-order valence-corrected chi connectivity index (χ3v) is 5.41. The zero-order valence-electron chi connectivity index (χ0n) is 10.3. The summed E-state index contributed by atoms with van der Waals surface area (Å²) in [4.78, 5) is 11.3. The number of unbranched alkanes of at least 4 members (excludes halogenated alkanes) is 1. The molecule has 0 bridgehead atoms. The van der Waals surface area contributed by atoms with Gasteiger partial charge in [-0.25, -0.2) is 0 Å². The fourth-order valence-corrected chi connectivity index (χ4v) is 4.67. The van der Waals surface area contributed by atoms with E-state index in [-0.39, 0.29) is 15.0 Å².